The first kappa shape index (κ1) is 17.5. The molecule has 1 saturated heterocycles. The predicted octanol–water partition coefficient (Wildman–Crippen LogP) is 1.72. The molecule has 0 radical (unpaired) electrons. The topological polar surface area (TPSA) is 87.3 Å². The minimum Gasteiger partial charge on any atom is -0.378 e. The SMILES string of the molecule is CSCc1nc(C(=O)Nc2ccc(N3CCOCC3)cc2)cc(=O)[nH]1. The zero-order valence-electron chi connectivity index (χ0n) is 13.9. The van der Waals surface area contributed by atoms with Gasteiger partial charge in [0.1, 0.15) is 11.5 Å². The average molecular weight is 360 g/mol. The molecular formula is C17H20N4O3S. The van der Waals surface area contributed by atoms with Crippen molar-refractivity contribution in [1.82, 2.24) is 9.97 Å². The maximum Gasteiger partial charge on any atom is 0.274 e. The van der Waals surface area contributed by atoms with E-state index < -0.39 is 5.91 Å². The van der Waals surface area contributed by atoms with Crippen LogP contribution in [0.15, 0.2) is 35.1 Å². The molecule has 2 aromatic rings. The Kier molecular flexibility index (Phi) is 5.72. The Morgan fingerprint density at radius 3 is 2.72 bits per heavy atom. The number of ether oxygens (including phenoxy) is 1. The summed E-state index contributed by atoms with van der Waals surface area (Å²) in [6, 6.07) is 8.83. The summed E-state index contributed by atoms with van der Waals surface area (Å²) in [5, 5.41) is 2.78. The van der Waals surface area contributed by atoms with Crippen LogP contribution in [-0.2, 0) is 10.5 Å². The third kappa shape index (κ3) is 4.61. The molecule has 0 aliphatic carbocycles. The molecule has 1 aromatic carbocycles. The highest BCUT2D eigenvalue weighted by Gasteiger charge is 2.13. The molecule has 1 fully saturated rings. The Labute approximate surface area is 149 Å². The number of hydrogen-bond donors (Lipinski definition) is 2. The summed E-state index contributed by atoms with van der Waals surface area (Å²) in [4.78, 5) is 33.1. The van der Waals surface area contributed by atoms with E-state index in [9.17, 15) is 9.59 Å². The Morgan fingerprint density at radius 2 is 2.04 bits per heavy atom. The largest absolute Gasteiger partial charge is 0.378 e. The number of hydrogen-bond acceptors (Lipinski definition) is 6. The van der Waals surface area contributed by atoms with Crippen LogP contribution in [0.1, 0.15) is 16.3 Å². The summed E-state index contributed by atoms with van der Waals surface area (Å²) in [6.45, 7) is 3.18. The monoisotopic (exact) mass is 360 g/mol. The number of thioether (sulfide) groups is 1. The maximum atomic E-state index is 12.3. The highest BCUT2D eigenvalue weighted by Crippen LogP contribution is 2.19. The van der Waals surface area contributed by atoms with Crippen LogP contribution >= 0.6 is 11.8 Å². The van der Waals surface area contributed by atoms with Gasteiger partial charge in [0.2, 0.25) is 0 Å². The van der Waals surface area contributed by atoms with Crippen LogP contribution in [0.5, 0.6) is 0 Å². The van der Waals surface area contributed by atoms with Crippen LogP contribution < -0.4 is 15.8 Å². The van der Waals surface area contributed by atoms with Gasteiger partial charge in [-0.2, -0.15) is 11.8 Å². The minimum atomic E-state index is -0.396. The van der Waals surface area contributed by atoms with E-state index in [4.69, 9.17) is 4.74 Å². The van der Waals surface area contributed by atoms with Gasteiger partial charge in [0.25, 0.3) is 11.5 Å². The molecule has 132 valence electrons. The Bertz CT molecular complexity index is 785. The summed E-state index contributed by atoms with van der Waals surface area (Å²) >= 11 is 1.53. The first-order chi connectivity index (χ1) is 12.2. The number of anilines is 2. The van der Waals surface area contributed by atoms with Crippen molar-refractivity contribution in [3.8, 4) is 0 Å². The van der Waals surface area contributed by atoms with Crippen molar-refractivity contribution in [2.24, 2.45) is 0 Å². The van der Waals surface area contributed by atoms with E-state index >= 15 is 0 Å². The summed E-state index contributed by atoms with van der Waals surface area (Å²) in [5.41, 5.74) is 1.55. The Morgan fingerprint density at radius 1 is 1.32 bits per heavy atom. The first-order valence-corrected chi connectivity index (χ1v) is 9.38. The van der Waals surface area contributed by atoms with Crippen molar-refractivity contribution < 1.29 is 9.53 Å². The summed E-state index contributed by atoms with van der Waals surface area (Å²) in [6.07, 6.45) is 1.91. The van der Waals surface area contributed by atoms with Gasteiger partial charge in [-0.15, -0.1) is 0 Å². The molecule has 0 saturated carbocycles. The van der Waals surface area contributed by atoms with Gasteiger partial charge in [-0.25, -0.2) is 4.98 Å². The van der Waals surface area contributed by atoms with E-state index in [1.807, 2.05) is 30.5 Å². The van der Waals surface area contributed by atoms with Crippen molar-refractivity contribution >= 4 is 29.0 Å². The number of carbonyl (C=O) groups excluding carboxylic acids is 1. The van der Waals surface area contributed by atoms with Crippen LogP contribution in [0.3, 0.4) is 0 Å². The molecule has 1 aliphatic rings. The van der Waals surface area contributed by atoms with Gasteiger partial charge in [-0.3, -0.25) is 9.59 Å². The average Bonchev–Trinajstić information content (AvgIpc) is 2.63. The lowest BCUT2D eigenvalue weighted by Gasteiger charge is -2.28. The zero-order chi connectivity index (χ0) is 17.6. The molecule has 2 heterocycles. The molecule has 0 unspecified atom stereocenters. The highest BCUT2D eigenvalue weighted by atomic mass is 32.2. The molecule has 1 amide bonds. The molecule has 0 atom stereocenters. The second-order valence-electron chi connectivity index (χ2n) is 5.61. The van der Waals surface area contributed by atoms with E-state index in [1.54, 1.807) is 0 Å². The van der Waals surface area contributed by atoms with Crippen molar-refractivity contribution in [3.63, 3.8) is 0 Å². The van der Waals surface area contributed by atoms with Gasteiger partial charge in [-0.1, -0.05) is 0 Å². The second-order valence-corrected chi connectivity index (χ2v) is 6.48. The van der Waals surface area contributed by atoms with E-state index in [0.29, 0.717) is 17.3 Å². The van der Waals surface area contributed by atoms with E-state index in [2.05, 4.69) is 20.2 Å². The lowest BCUT2D eigenvalue weighted by atomic mass is 10.2. The first-order valence-electron chi connectivity index (χ1n) is 7.99. The maximum absolute atomic E-state index is 12.3. The molecule has 3 rings (SSSR count). The third-order valence-electron chi connectivity index (χ3n) is 3.81. The van der Waals surface area contributed by atoms with E-state index in [-0.39, 0.29) is 11.3 Å². The number of amides is 1. The second kappa shape index (κ2) is 8.17. The van der Waals surface area contributed by atoms with Crippen molar-refractivity contribution in [2.45, 2.75) is 5.75 Å². The van der Waals surface area contributed by atoms with Gasteiger partial charge in [0, 0.05) is 30.5 Å². The van der Waals surface area contributed by atoms with Crippen molar-refractivity contribution in [3.05, 3.63) is 52.2 Å². The number of aromatic amines is 1. The van der Waals surface area contributed by atoms with Crippen molar-refractivity contribution in [2.75, 3.05) is 42.8 Å². The molecule has 0 spiro atoms. The number of morpholine rings is 1. The molecule has 1 aliphatic heterocycles. The third-order valence-corrected chi connectivity index (χ3v) is 4.37. The van der Waals surface area contributed by atoms with Crippen LogP contribution in [0, 0.1) is 0 Å². The molecule has 1 aromatic heterocycles. The lowest BCUT2D eigenvalue weighted by Crippen LogP contribution is -2.36. The number of nitrogens with one attached hydrogen (secondary N) is 2. The van der Waals surface area contributed by atoms with E-state index in [1.165, 1.54) is 17.8 Å². The lowest BCUT2D eigenvalue weighted by molar-refractivity contribution is 0.102. The van der Waals surface area contributed by atoms with Crippen LogP contribution in [0.4, 0.5) is 11.4 Å². The zero-order valence-corrected chi connectivity index (χ0v) is 14.8. The number of rotatable bonds is 5. The molecule has 25 heavy (non-hydrogen) atoms. The number of carbonyl (C=O) groups is 1. The van der Waals surface area contributed by atoms with Crippen molar-refractivity contribution in [1.29, 1.82) is 0 Å². The molecule has 8 heteroatoms. The fraction of sp³-hybridized carbons (Fsp3) is 0.353. The standard InChI is InChI=1S/C17H20N4O3S/c1-25-11-15-19-14(10-16(22)20-15)17(23)18-12-2-4-13(5-3-12)21-6-8-24-9-7-21/h2-5,10H,6-9,11H2,1H3,(H,18,23)(H,19,20,22). The van der Waals surface area contributed by atoms with Gasteiger partial charge in [0.05, 0.1) is 19.0 Å². The number of H-pyrrole nitrogens is 1. The van der Waals surface area contributed by atoms with Gasteiger partial charge < -0.3 is 19.9 Å². The van der Waals surface area contributed by atoms with E-state index in [0.717, 1.165) is 32.0 Å². The van der Waals surface area contributed by atoms with Gasteiger partial charge >= 0.3 is 0 Å². The number of nitrogens with zero attached hydrogens (tertiary/aromatic N) is 2. The summed E-state index contributed by atoms with van der Waals surface area (Å²) < 4.78 is 5.35. The molecule has 7 nitrogen and oxygen atoms in total. The predicted molar refractivity (Wildman–Crippen MR) is 99.5 cm³/mol. The summed E-state index contributed by atoms with van der Waals surface area (Å²) in [5.74, 6) is 0.644. The number of benzene rings is 1. The fourth-order valence-electron chi connectivity index (χ4n) is 2.60. The van der Waals surface area contributed by atoms with Gasteiger partial charge in [-0.05, 0) is 30.5 Å². The van der Waals surface area contributed by atoms with Gasteiger partial charge in [0.15, 0.2) is 0 Å². The summed E-state index contributed by atoms with van der Waals surface area (Å²) in [7, 11) is 0. The Balaban J connectivity index is 1.69. The van der Waals surface area contributed by atoms with Crippen LogP contribution in [-0.4, -0.2) is 48.4 Å². The van der Waals surface area contributed by atoms with Crippen LogP contribution in [0.2, 0.25) is 0 Å². The Hall–Kier alpha value is -2.32. The minimum absolute atomic E-state index is 0.116. The molecular weight excluding hydrogens is 340 g/mol. The number of aromatic nitrogens is 2. The smallest absolute Gasteiger partial charge is 0.274 e. The quantitative estimate of drug-likeness (QED) is 0.844. The molecule has 0 bridgehead atoms. The molecule has 2 N–H and O–H groups in total. The highest BCUT2D eigenvalue weighted by molar-refractivity contribution is 7.97. The van der Waals surface area contributed by atoms with Crippen LogP contribution in [0.25, 0.3) is 0 Å². The normalized spacial score (nSPS) is 14.4. The fourth-order valence-corrected chi connectivity index (χ4v) is 3.01.